The number of nitro benzene ring substituents is 1. The molecule has 7 nitrogen and oxygen atoms in total. The van der Waals surface area contributed by atoms with Crippen molar-refractivity contribution in [2.24, 2.45) is 5.73 Å². The molecule has 8 heteroatoms. The zero-order chi connectivity index (χ0) is 15.4. The number of rotatable bonds is 3. The van der Waals surface area contributed by atoms with Gasteiger partial charge >= 0.3 is 0 Å². The standard InChI is InChI=1S/C13H16N4O3S/c14-13(21)15-12(18)9-4-5-10(11(8-9)17(19)20)16-6-2-1-3-7-16/h4-5,8H,1-3,6-7H2,(H3,14,15,18,21). The monoisotopic (exact) mass is 308 g/mol. The first-order valence-electron chi connectivity index (χ1n) is 6.63. The van der Waals surface area contributed by atoms with Crippen LogP contribution in [0.1, 0.15) is 29.6 Å². The van der Waals surface area contributed by atoms with Crippen molar-refractivity contribution in [3.8, 4) is 0 Å². The minimum Gasteiger partial charge on any atom is -0.376 e. The normalized spacial score (nSPS) is 14.6. The van der Waals surface area contributed by atoms with Gasteiger partial charge in [0, 0.05) is 24.7 Å². The first-order chi connectivity index (χ1) is 9.99. The molecule has 0 bridgehead atoms. The van der Waals surface area contributed by atoms with Crippen LogP contribution in [0.3, 0.4) is 0 Å². The Kier molecular flexibility index (Phi) is 4.69. The van der Waals surface area contributed by atoms with Crippen LogP contribution in [0.5, 0.6) is 0 Å². The Hall–Kier alpha value is -2.22. The van der Waals surface area contributed by atoms with Crippen LogP contribution >= 0.6 is 12.2 Å². The van der Waals surface area contributed by atoms with Crippen LogP contribution < -0.4 is 16.0 Å². The number of hydrogen-bond acceptors (Lipinski definition) is 5. The van der Waals surface area contributed by atoms with E-state index in [0.717, 1.165) is 32.4 Å². The van der Waals surface area contributed by atoms with E-state index >= 15 is 0 Å². The molecule has 0 spiro atoms. The topological polar surface area (TPSA) is 102 Å². The lowest BCUT2D eigenvalue weighted by Gasteiger charge is -2.28. The number of nitrogens with zero attached hydrogens (tertiary/aromatic N) is 2. The summed E-state index contributed by atoms with van der Waals surface area (Å²) in [5, 5.41) is 13.4. The molecule has 0 atom stereocenters. The second-order valence-electron chi connectivity index (χ2n) is 4.83. The number of anilines is 1. The number of benzene rings is 1. The molecule has 0 radical (unpaired) electrons. The number of piperidine rings is 1. The minimum absolute atomic E-state index is 0.0764. The lowest BCUT2D eigenvalue weighted by Crippen LogP contribution is -2.35. The van der Waals surface area contributed by atoms with Gasteiger partial charge in [-0.25, -0.2) is 0 Å². The molecule has 1 aliphatic heterocycles. The molecule has 1 saturated heterocycles. The maximum atomic E-state index is 11.8. The lowest BCUT2D eigenvalue weighted by molar-refractivity contribution is -0.384. The minimum atomic E-state index is -0.546. The van der Waals surface area contributed by atoms with Gasteiger partial charge in [0.25, 0.3) is 11.6 Å². The van der Waals surface area contributed by atoms with E-state index in [2.05, 4.69) is 17.5 Å². The van der Waals surface area contributed by atoms with Gasteiger partial charge in [-0.15, -0.1) is 0 Å². The Labute approximate surface area is 127 Å². The number of nitro groups is 1. The van der Waals surface area contributed by atoms with E-state index in [9.17, 15) is 14.9 Å². The van der Waals surface area contributed by atoms with Crippen LogP contribution in [-0.2, 0) is 0 Å². The summed E-state index contributed by atoms with van der Waals surface area (Å²) in [6, 6.07) is 4.42. The zero-order valence-electron chi connectivity index (χ0n) is 11.4. The molecule has 0 aromatic heterocycles. The number of nitrogens with two attached hydrogens (primary N) is 1. The van der Waals surface area contributed by atoms with E-state index in [4.69, 9.17) is 5.73 Å². The molecule has 2 rings (SSSR count). The maximum absolute atomic E-state index is 11.8. The number of carbonyl (C=O) groups excluding carboxylic acids is 1. The number of thiocarbonyl (C=S) groups is 1. The molecule has 1 heterocycles. The summed E-state index contributed by atoms with van der Waals surface area (Å²) in [7, 11) is 0. The average Bonchev–Trinajstić information content (AvgIpc) is 2.46. The predicted molar refractivity (Wildman–Crippen MR) is 83.4 cm³/mol. The molecule has 1 aromatic rings. The second kappa shape index (κ2) is 6.49. The predicted octanol–water partition coefficient (Wildman–Crippen LogP) is 1.56. The molecule has 3 N–H and O–H groups in total. The Balaban J connectivity index is 2.32. The second-order valence-corrected chi connectivity index (χ2v) is 5.27. The number of carbonyl (C=O) groups is 1. The molecular weight excluding hydrogens is 292 g/mol. The van der Waals surface area contributed by atoms with Crippen molar-refractivity contribution in [2.45, 2.75) is 19.3 Å². The van der Waals surface area contributed by atoms with Crippen molar-refractivity contribution < 1.29 is 9.72 Å². The van der Waals surface area contributed by atoms with Crippen LogP contribution in [0.25, 0.3) is 0 Å². The quantitative estimate of drug-likeness (QED) is 0.499. The molecule has 112 valence electrons. The van der Waals surface area contributed by atoms with Gasteiger partial charge in [-0.3, -0.25) is 20.2 Å². The summed E-state index contributed by atoms with van der Waals surface area (Å²) >= 11 is 4.59. The van der Waals surface area contributed by atoms with Crippen LogP contribution in [0.2, 0.25) is 0 Å². The first-order valence-corrected chi connectivity index (χ1v) is 7.04. The van der Waals surface area contributed by atoms with Gasteiger partial charge in [-0.1, -0.05) is 0 Å². The van der Waals surface area contributed by atoms with Gasteiger partial charge < -0.3 is 10.6 Å². The van der Waals surface area contributed by atoms with Gasteiger partial charge in [0.15, 0.2) is 5.11 Å². The Morgan fingerprint density at radius 3 is 2.57 bits per heavy atom. The zero-order valence-corrected chi connectivity index (χ0v) is 12.2. The fraction of sp³-hybridized carbons (Fsp3) is 0.385. The van der Waals surface area contributed by atoms with Crippen LogP contribution in [0.4, 0.5) is 11.4 Å². The van der Waals surface area contributed by atoms with Gasteiger partial charge in [-0.2, -0.15) is 0 Å². The van der Waals surface area contributed by atoms with E-state index < -0.39 is 10.8 Å². The van der Waals surface area contributed by atoms with Crippen molar-refractivity contribution in [1.29, 1.82) is 0 Å². The third-order valence-electron chi connectivity index (χ3n) is 3.37. The van der Waals surface area contributed by atoms with E-state index in [1.54, 1.807) is 12.1 Å². The molecule has 0 saturated carbocycles. The van der Waals surface area contributed by atoms with Crippen molar-refractivity contribution in [3.05, 3.63) is 33.9 Å². The summed E-state index contributed by atoms with van der Waals surface area (Å²) in [5.74, 6) is -0.546. The number of amides is 1. The molecule has 0 aliphatic carbocycles. The maximum Gasteiger partial charge on any atom is 0.293 e. The van der Waals surface area contributed by atoms with Gasteiger partial charge in [0.2, 0.25) is 0 Å². The van der Waals surface area contributed by atoms with Crippen molar-refractivity contribution in [2.75, 3.05) is 18.0 Å². The highest BCUT2D eigenvalue weighted by atomic mass is 32.1. The van der Waals surface area contributed by atoms with E-state index in [1.165, 1.54) is 6.07 Å². The van der Waals surface area contributed by atoms with Crippen molar-refractivity contribution >= 4 is 34.6 Å². The van der Waals surface area contributed by atoms with Gasteiger partial charge in [0.05, 0.1) is 4.92 Å². The van der Waals surface area contributed by atoms with Gasteiger partial charge in [-0.05, 0) is 43.6 Å². The first kappa shape index (κ1) is 15.2. The highest BCUT2D eigenvalue weighted by Gasteiger charge is 2.23. The third kappa shape index (κ3) is 3.66. The SMILES string of the molecule is NC(=S)NC(=O)c1ccc(N2CCCCC2)c([N+](=O)[O-])c1. The van der Waals surface area contributed by atoms with E-state index in [-0.39, 0.29) is 16.4 Å². The molecule has 1 aromatic carbocycles. The highest BCUT2D eigenvalue weighted by Crippen LogP contribution is 2.31. The Morgan fingerprint density at radius 2 is 2.00 bits per heavy atom. The molecule has 1 amide bonds. The number of nitrogens with one attached hydrogen (secondary N) is 1. The molecular formula is C13H16N4O3S. The summed E-state index contributed by atoms with van der Waals surface area (Å²) < 4.78 is 0. The van der Waals surface area contributed by atoms with Crippen LogP contribution in [0.15, 0.2) is 18.2 Å². The van der Waals surface area contributed by atoms with Crippen LogP contribution in [-0.4, -0.2) is 29.0 Å². The Morgan fingerprint density at radius 1 is 1.33 bits per heavy atom. The fourth-order valence-electron chi connectivity index (χ4n) is 2.40. The summed E-state index contributed by atoms with van der Waals surface area (Å²) in [4.78, 5) is 24.6. The van der Waals surface area contributed by atoms with Crippen LogP contribution in [0, 0.1) is 10.1 Å². The highest BCUT2D eigenvalue weighted by molar-refractivity contribution is 7.80. The summed E-state index contributed by atoms with van der Waals surface area (Å²) in [6.07, 6.45) is 3.17. The molecule has 1 fully saturated rings. The number of hydrogen-bond donors (Lipinski definition) is 2. The van der Waals surface area contributed by atoms with E-state index in [0.29, 0.717) is 5.69 Å². The van der Waals surface area contributed by atoms with Crippen molar-refractivity contribution in [3.63, 3.8) is 0 Å². The van der Waals surface area contributed by atoms with E-state index in [1.807, 2.05) is 4.90 Å². The molecule has 21 heavy (non-hydrogen) atoms. The Bertz CT molecular complexity index is 585. The molecule has 0 unspecified atom stereocenters. The molecule has 1 aliphatic rings. The summed E-state index contributed by atoms with van der Waals surface area (Å²) in [6.45, 7) is 1.58. The van der Waals surface area contributed by atoms with Crippen molar-refractivity contribution in [1.82, 2.24) is 5.32 Å². The largest absolute Gasteiger partial charge is 0.376 e. The fourth-order valence-corrected chi connectivity index (χ4v) is 2.49. The summed E-state index contributed by atoms with van der Waals surface area (Å²) in [5.41, 5.74) is 5.87. The van der Waals surface area contributed by atoms with Gasteiger partial charge in [0.1, 0.15) is 5.69 Å². The third-order valence-corrected chi connectivity index (χ3v) is 3.47. The average molecular weight is 308 g/mol. The lowest BCUT2D eigenvalue weighted by atomic mass is 10.1. The smallest absolute Gasteiger partial charge is 0.293 e.